The molecule has 0 spiro atoms. The Kier molecular flexibility index (Phi) is 5.72. The molecule has 0 saturated carbocycles. The molecule has 0 bridgehead atoms. The third kappa shape index (κ3) is 3.93. The van der Waals surface area contributed by atoms with E-state index in [2.05, 4.69) is 61.6 Å². The largest absolute Gasteiger partial charge is 0.287 e. The molecule has 1 amide bonds. The SMILES string of the molecule is C=CC[C@@](NNC(=O)c1ccccc1)(c1ccc2ccccc2c1)C(C)C. The van der Waals surface area contributed by atoms with Crippen molar-refractivity contribution in [2.24, 2.45) is 5.92 Å². The Labute approximate surface area is 161 Å². The smallest absolute Gasteiger partial charge is 0.265 e. The summed E-state index contributed by atoms with van der Waals surface area (Å²) < 4.78 is 0. The van der Waals surface area contributed by atoms with Gasteiger partial charge in [-0.2, -0.15) is 0 Å². The van der Waals surface area contributed by atoms with Crippen LogP contribution in [0.4, 0.5) is 0 Å². The first-order chi connectivity index (χ1) is 13.1. The highest BCUT2D eigenvalue weighted by Gasteiger charge is 2.35. The molecule has 0 aliphatic rings. The van der Waals surface area contributed by atoms with Crippen molar-refractivity contribution in [1.82, 2.24) is 10.9 Å². The Balaban J connectivity index is 1.95. The van der Waals surface area contributed by atoms with Crippen LogP contribution in [0.5, 0.6) is 0 Å². The van der Waals surface area contributed by atoms with Crippen LogP contribution in [-0.2, 0) is 5.54 Å². The van der Waals surface area contributed by atoms with Crippen LogP contribution in [0.2, 0.25) is 0 Å². The maximum atomic E-state index is 12.6. The van der Waals surface area contributed by atoms with E-state index in [9.17, 15) is 4.79 Å². The number of hydrogen-bond acceptors (Lipinski definition) is 2. The molecule has 2 N–H and O–H groups in total. The zero-order valence-electron chi connectivity index (χ0n) is 15.9. The van der Waals surface area contributed by atoms with Gasteiger partial charge in [-0.15, -0.1) is 6.58 Å². The molecule has 0 aliphatic heterocycles. The van der Waals surface area contributed by atoms with E-state index < -0.39 is 5.54 Å². The van der Waals surface area contributed by atoms with E-state index >= 15 is 0 Å². The fraction of sp³-hybridized carbons (Fsp3) is 0.208. The number of fused-ring (bicyclic) bond motifs is 1. The van der Waals surface area contributed by atoms with Gasteiger partial charge in [-0.25, -0.2) is 5.43 Å². The Morgan fingerprint density at radius 3 is 2.33 bits per heavy atom. The summed E-state index contributed by atoms with van der Waals surface area (Å²) in [5, 5.41) is 2.38. The second kappa shape index (κ2) is 8.19. The Morgan fingerprint density at radius 1 is 1.00 bits per heavy atom. The summed E-state index contributed by atoms with van der Waals surface area (Å²) in [5.41, 5.74) is 7.56. The number of rotatable bonds is 7. The van der Waals surface area contributed by atoms with Crippen LogP contribution in [0.25, 0.3) is 10.8 Å². The average molecular weight is 358 g/mol. The molecular formula is C24H26N2O. The fourth-order valence-corrected chi connectivity index (χ4v) is 3.48. The van der Waals surface area contributed by atoms with Crippen LogP contribution >= 0.6 is 0 Å². The van der Waals surface area contributed by atoms with Gasteiger partial charge in [-0.1, -0.05) is 74.5 Å². The lowest BCUT2D eigenvalue weighted by Gasteiger charge is -2.39. The van der Waals surface area contributed by atoms with Gasteiger partial charge in [0.25, 0.3) is 5.91 Å². The first kappa shape index (κ1) is 18.9. The predicted octanol–water partition coefficient (Wildman–Crippen LogP) is 5.20. The quantitative estimate of drug-likeness (QED) is 0.450. The lowest BCUT2D eigenvalue weighted by atomic mass is 9.77. The number of hydrogen-bond donors (Lipinski definition) is 2. The van der Waals surface area contributed by atoms with Gasteiger partial charge < -0.3 is 0 Å². The summed E-state index contributed by atoms with van der Waals surface area (Å²) >= 11 is 0. The van der Waals surface area contributed by atoms with Crippen LogP contribution in [0.1, 0.15) is 36.2 Å². The monoisotopic (exact) mass is 358 g/mol. The van der Waals surface area contributed by atoms with Gasteiger partial charge in [0.1, 0.15) is 0 Å². The molecular weight excluding hydrogens is 332 g/mol. The summed E-state index contributed by atoms with van der Waals surface area (Å²) in [6, 6.07) is 24.0. The Hall–Kier alpha value is -2.91. The molecule has 1 atom stereocenters. The van der Waals surface area contributed by atoms with E-state index in [0.29, 0.717) is 12.0 Å². The summed E-state index contributed by atoms with van der Waals surface area (Å²) in [7, 11) is 0. The standard InChI is InChI=1S/C24H26N2O/c1-4-16-24(18(2)3,26-25-23(27)20-11-6-5-7-12-20)22-15-14-19-10-8-9-13-21(19)17-22/h4-15,17-18,26H,1,16H2,2-3H3,(H,25,27)/t24-/m0/s1. The van der Waals surface area contributed by atoms with E-state index in [4.69, 9.17) is 0 Å². The normalized spacial score (nSPS) is 13.3. The zero-order chi connectivity index (χ0) is 19.3. The van der Waals surface area contributed by atoms with E-state index in [0.717, 1.165) is 5.56 Å². The van der Waals surface area contributed by atoms with Crippen LogP contribution in [-0.4, -0.2) is 5.91 Å². The van der Waals surface area contributed by atoms with E-state index in [1.165, 1.54) is 10.8 Å². The summed E-state index contributed by atoms with van der Waals surface area (Å²) in [6.45, 7) is 8.25. The molecule has 3 aromatic carbocycles. The second-order valence-corrected chi connectivity index (χ2v) is 7.13. The van der Waals surface area contributed by atoms with Gasteiger partial charge in [-0.3, -0.25) is 10.2 Å². The molecule has 3 nitrogen and oxygen atoms in total. The van der Waals surface area contributed by atoms with Gasteiger partial charge in [0.15, 0.2) is 0 Å². The van der Waals surface area contributed by atoms with Crippen molar-refractivity contribution in [3.05, 3.63) is 96.6 Å². The molecule has 3 rings (SSSR count). The maximum Gasteiger partial charge on any atom is 0.265 e. The number of carbonyl (C=O) groups excluding carboxylic acids is 1. The molecule has 3 aromatic rings. The van der Waals surface area contributed by atoms with Gasteiger partial charge in [0.05, 0.1) is 5.54 Å². The summed E-state index contributed by atoms with van der Waals surface area (Å²) in [6.07, 6.45) is 2.59. The molecule has 27 heavy (non-hydrogen) atoms. The molecule has 0 saturated heterocycles. The molecule has 0 aromatic heterocycles. The summed E-state index contributed by atoms with van der Waals surface area (Å²) in [4.78, 5) is 12.6. The minimum atomic E-state index is -0.448. The second-order valence-electron chi connectivity index (χ2n) is 7.13. The third-order valence-corrected chi connectivity index (χ3v) is 5.15. The van der Waals surface area contributed by atoms with Crippen molar-refractivity contribution in [3.8, 4) is 0 Å². The van der Waals surface area contributed by atoms with Crippen molar-refractivity contribution in [2.45, 2.75) is 25.8 Å². The van der Waals surface area contributed by atoms with Gasteiger partial charge in [-0.05, 0) is 46.9 Å². The predicted molar refractivity (Wildman–Crippen MR) is 112 cm³/mol. The number of nitrogens with one attached hydrogen (secondary N) is 2. The van der Waals surface area contributed by atoms with Crippen molar-refractivity contribution in [1.29, 1.82) is 0 Å². The number of hydrazine groups is 1. The first-order valence-electron chi connectivity index (χ1n) is 9.29. The third-order valence-electron chi connectivity index (χ3n) is 5.15. The Morgan fingerprint density at radius 2 is 1.67 bits per heavy atom. The highest BCUT2D eigenvalue weighted by Crippen LogP contribution is 2.34. The topological polar surface area (TPSA) is 41.1 Å². The molecule has 0 radical (unpaired) electrons. The van der Waals surface area contributed by atoms with Crippen molar-refractivity contribution >= 4 is 16.7 Å². The zero-order valence-corrected chi connectivity index (χ0v) is 15.9. The molecule has 0 fully saturated rings. The van der Waals surface area contributed by atoms with Crippen molar-refractivity contribution in [3.63, 3.8) is 0 Å². The van der Waals surface area contributed by atoms with E-state index in [1.54, 1.807) is 12.1 Å². The number of carbonyl (C=O) groups is 1. The lowest BCUT2D eigenvalue weighted by molar-refractivity contribution is 0.0880. The highest BCUT2D eigenvalue weighted by atomic mass is 16.2. The summed E-state index contributed by atoms with van der Waals surface area (Å²) in [5.74, 6) is 0.0817. The number of amides is 1. The fourth-order valence-electron chi connectivity index (χ4n) is 3.48. The first-order valence-corrected chi connectivity index (χ1v) is 9.29. The van der Waals surface area contributed by atoms with Crippen LogP contribution < -0.4 is 10.9 Å². The number of benzene rings is 3. The minimum Gasteiger partial charge on any atom is -0.287 e. The van der Waals surface area contributed by atoms with Gasteiger partial charge in [0.2, 0.25) is 0 Å². The van der Waals surface area contributed by atoms with Gasteiger partial charge in [0, 0.05) is 5.56 Å². The molecule has 138 valence electrons. The van der Waals surface area contributed by atoms with Crippen LogP contribution in [0.15, 0.2) is 85.5 Å². The van der Waals surface area contributed by atoms with Crippen LogP contribution in [0.3, 0.4) is 0 Å². The van der Waals surface area contributed by atoms with Gasteiger partial charge >= 0.3 is 0 Å². The molecule has 3 heteroatoms. The highest BCUT2D eigenvalue weighted by molar-refractivity contribution is 5.93. The molecule has 0 heterocycles. The minimum absolute atomic E-state index is 0.148. The molecule has 0 aliphatic carbocycles. The van der Waals surface area contributed by atoms with Crippen molar-refractivity contribution in [2.75, 3.05) is 0 Å². The lowest BCUT2D eigenvalue weighted by Crippen LogP contribution is -2.54. The maximum absolute atomic E-state index is 12.6. The van der Waals surface area contributed by atoms with Crippen LogP contribution in [0, 0.1) is 5.92 Å². The van der Waals surface area contributed by atoms with Crippen molar-refractivity contribution < 1.29 is 4.79 Å². The molecule has 0 unspecified atom stereocenters. The average Bonchev–Trinajstić information content (AvgIpc) is 2.71. The Bertz CT molecular complexity index is 933. The van der Waals surface area contributed by atoms with E-state index in [1.807, 2.05) is 36.4 Å². The van der Waals surface area contributed by atoms with E-state index in [-0.39, 0.29) is 11.8 Å².